The molecule has 2 bridgehead atoms. The van der Waals surface area contributed by atoms with Gasteiger partial charge in [0.15, 0.2) is 6.10 Å². The summed E-state index contributed by atoms with van der Waals surface area (Å²) in [6.45, 7) is 4.79. The lowest BCUT2D eigenvalue weighted by atomic mass is 9.83. The SMILES string of the molecule is O=C(OC1C[N+]2(CCCOc3ccccc3)CCC1CC2)C(O)(c1cccs1)c1cccs1.O=C([O-])c1ccccc1. The summed E-state index contributed by atoms with van der Waals surface area (Å²) in [4.78, 5) is 24.8. The molecule has 9 heteroatoms. The molecule has 2 aromatic heterocycles. The highest BCUT2D eigenvalue weighted by Crippen LogP contribution is 2.40. The number of carboxylic acid groups (broad SMARTS) is 1. The number of thiophene rings is 2. The maximum Gasteiger partial charge on any atom is 0.349 e. The van der Waals surface area contributed by atoms with Crippen molar-refractivity contribution in [3.8, 4) is 5.75 Å². The monoisotopic (exact) mass is 605 g/mol. The summed E-state index contributed by atoms with van der Waals surface area (Å²) in [6.07, 6.45) is 2.94. The number of para-hydroxylation sites is 1. The van der Waals surface area contributed by atoms with Gasteiger partial charge in [0, 0.05) is 25.2 Å². The second-order valence-electron chi connectivity index (χ2n) is 10.8. The van der Waals surface area contributed by atoms with E-state index in [9.17, 15) is 19.8 Å². The number of benzene rings is 2. The number of ether oxygens (including phenoxy) is 2. The van der Waals surface area contributed by atoms with Crippen molar-refractivity contribution < 1.29 is 33.8 Å². The zero-order valence-corrected chi connectivity index (χ0v) is 24.9. The predicted octanol–water partition coefficient (Wildman–Crippen LogP) is 4.72. The third-order valence-corrected chi connectivity index (χ3v) is 10.1. The smallest absolute Gasteiger partial charge is 0.349 e. The van der Waals surface area contributed by atoms with E-state index in [1.54, 1.807) is 18.2 Å². The third kappa shape index (κ3) is 6.93. The van der Waals surface area contributed by atoms with Crippen LogP contribution in [-0.2, 0) is 15.1 Å². The molecule has 7 rings (SSSR count). The van der Waals surface area contributed by atoms with Crippen LogP contribution in [0.5, 0.6) is 5.75 Å². The average molecular weight is 606 g/mol. The summed E-state index contributed by atoms with van der Waals surface area (Å²) in [5.74, 6) is -0.388. The van der Waals surface area contributed by atoms with Gasteiger partial charge in [-0.05, 0) is 40.6 Å². The molecule has 7 nitrogen and oxygen atoms in total. The number of aliphatic hydroxyl groups is 1. The number of aromatic carboxylic acids is 1. The average Bonchev–Trinajstić information content (AvgIpc) is 3.77. The largest absolute Gasteiger partial charge is 0.545 e. The fourth-order valence-electron chi connectivity index (χ4n) is 5.86. The quantitative estimate of drug-likeness (QED) is 0.160. The van der Waals surface area contributed by atoms with Gasteiger partial charge in [-0.25, -0.2) is 4.79 Å². The van der Waals surface area contributed by atoms with Gasteiger partial charge >= 0.3 is 5.97 Å². The zero-order chi connectivity index (χ0) is 29.4. The zero-order valence-electron chi connectivity index (χ0n) is 23.3. The molecule has 1 unspecified atom stereocenters. The van der Waals surface area contributed by atoms with Gasteiger partial charge in [-0.2, -0.15) is 0 Å². The Morgan fingerprint density at radius 3 is 2.00 bits per heavy atom. The maximum atomic E-state index is 13.4. The Morgan fingerprint density at radius 2 is 1.48 bits per heavy atom. The summed E-state index contributed by atoms with van der Waals surface area (Å²) in [7, 11) is 0. The van der Waals surface area contributed by atoms with Crippen molar-refractivity contribution in [1.29, 1.82) is 0 Å². The Kier molecular flexibility index (Phi) is 9.74. The van der Waals surface area contributed by atoms with E-state index in [4.69, 9.17) is 9.47 Å². The molecule has 220 valence electrons. The number of carboxylic acids is 1. The summed E-state index contributed by atoms with van der Waals surface area (Å²) in [5, 5.41) is 25.4. The fraction of sp³-hybridized carbons (Fsp3) is 0.333. The Morgan fingerprint density at radius 1 is 0.881 bits per heavy atom. The molecule has 3 aliphatic heterocycles. The standard InChI is InChI=1S/C26H30NO4S2.C7H6O2/c28-25(26(29,23-9-4-17-32-23)24-10-5-18-33-24)31-22-19-27(14-11-20(22)12-15-27)13-6-16-30-21-7-2-1-3-8-21;8-7(9)6-4-2-1-3-5-6/h1-5,7-10,17-18,20,22,29H,6,11-16,19H2;1-5H,(H,8,9)/q+1;/p-1. The van der Waals surface area contributed by atoms with E-state index in [1.807, 2.05) is 65.4 Å². The first kappa shape index (κ1) is 30.0. The summed E-state index contributed by atoms with van der Waals surface area (Å²) >= 11 is 2.77. The van der Waals surface area contributed by atoms with Gasteiger partial charge < -0.3 is 29.0 Å². The summed E-state index contributed by atoms with van der Waals surface area (Å²) in [6, 6.07) is 25.3. The fourth-order valence-corrected chi connectivity index (χ4v) is 7.58. The van der Waals surface area contributed by atoms with Crippen LogP contribution in [0.2, 0.25) is 0 Å². The number of carbonyl (C=O) groups excluding carboxylic acids is 2. The van der Waals surface area contributed by atoms with Crippen LogP contribution >= 0.6 is 22.7 Å². The minimum absolute atomic E-state index is 0.151. The van der Waals surface area contributed by atoms with Gasteiger partial charge in [0.2, 0.25) is 5.60 Å². The maximum absolute atomic E-state index is 13.4. The molecule has 0 amide bonds. The molecule has 4 aromatic rings. The van der Waals surface area contributed by atoms with Crippen LogP contribution in [0.15, 0.2) is 95.7 Å². The molecular formula is C33H35NO6S2. The van der Waals surface area contributed by atoms with Crippen LogP contribution in [0.3, 0.4) is 0 Å². The number of hydrogen-bond donors (Lipinski definition) is 1. The first-order valence-corrected chi connectivity index (χ1v) is 16.0. The van der Waals surface area contributed by atoms with Crippen molar-refractivity contribution in [2.45, 2.75) is 31.0 Å². The van der Waals surface area contributed by atoms with E-state index in [-0.39, 0.29) is 11.7 Å². The molecule has 0 radical (unpaired) electrons. The summed E-state index contributed by atoms with van der Waals surface area (Å²) in [5.41, 5.74) is -1.51. The normalized spacial score (nSPS) is 21.2. The van der Waals surface area contributed by atoms with E-state index in [1.165, 1.54) is 34.8 Å². The van der Waals surface area contributed by atoms with Gasteiger partial charge in [-0.3, -0.25) is 0 Å². The summed E-state index contributed by atoms with van der Waals surface area (Å²) < 4.78 is 13.0. The number of quaternary nitrogens is 1. The van der Waals surface area contributed by atoms with Crippen LogP contribution in [0.4, 0.5) is 0 Å². The molecule has 0 saturated carbocycles. The van der Waals surface area contributed by atoms with Gasteiger partial charge in [-0.15, -0.1) is 22.7 Å². The highest BCUT2D eigenvalue weighted by molar-refractivity contribution is 7.12. The highest BCUT2D eigenvalue weighted by Gasteiger charge is 2.51. The number of carbonyl (C=O) groups is 2. The van der Waals surface area contributed by atoms with Crippen LogP contribution in [0.25, 0.3) is 0 Å². The van der Waals surface area contributed by atoms with E-state index in [0.717, 1.165) is 55.7 Å². The molecule has 1 atom stereocenters. The molecule has 3 fully saturated rings. The lowest BCUT2D eigenvalue weighted by molar-refractivity contribution is -0.946. The van der Waals surface area contributed by atoms with Crippen molar-refractivity contribution >= 4 is 34.6 Å². The molecular weight excluding hydrogens is 570 g/mol. The van der Waals surface area contributed by atoms with Crippen LogP contribution in [-0.4, -0.2) is 60.4 Å². The van der Waals surface area contributed by atoms with Crippen molar-refractivity contribution in [3.63, 3.8) is 0 Å². The van der Waals surface area contributed by atoms with Crippen molar-refractivity contribution in [1.82, 2.24) is 0 Å². The van der Waals surface area contributed by atoms with E-state index in [2.05, 4.69) is 0 Å². The van der Waals surface area contributed by atoms with Crippen LogP contribution in [0.1, 0.15) is 39.4 Å². The van der Waals surface area contributed by atoms with Crippen LogP contribution in [0, 0.1) is 5.92 Å². The molecule has 5 heterocycles. The molecule has 2 aromatic carbocycles. The van der Waals surface area contributed by atoms with Crippen molar-refractivity contribution in [2.75, 3.05) is 32.8 Å². The Bertz CT molecular complexity index is 1370. The molecule has 3 saturated heterocycles. The molecule has 3 aliphatic rings. The third-order valence-electron chi connectivity index (χ3n) is 8.15. The lowest BCUT2D eigenvalue weighted by Gasteiger charge is -2.52. The highest BCUT2D eigenvalue weighted by atomic mass is 32.1. The molecule has 0 aliphatic carbocycles. The number of rotatable bonds is 10. The Hall–Kier alpha value is -3.50. The van der Waals surface area contributed by atoms with Gasteiger partial charge in [0.25, 0.3) is 0 Å². The number of piperidine rings is 3. The first-order chi connectivity index (χ1) is 20.4. The number of esters is 1. The molecule has 1 N–H and O–H groups in total. The topological polar surface area (TPSA) is 95.9 Å². The number of hydrogen-bond acceptors (Lipinski definition) is 8. The molecule has 0 spiro atoms. The Balaban J connectivity index is 0.000000336. The predicted molar refractivity (Wildman–Crippen MR) is 161 cm³/mol. The van der Waals surface area contributed by atoms with E-state index < -0.39 is 17.5 Å². The first-order valence-electron chi connectivity index (χ1n) is 14.2. The second-order valence-corrected chi connectivity index (χ2v) is 12.7. The lowest BCUT2D eigenvalue weighted by Crippen LogP contribution is -2.65. The van der Waals surface area contributed by atoms with Gasteiger partial charge in [0.1, 0.15) is 12.3 Å². The van der Waals surface area contributed by atoms with Crippen LogP contribution < -0.4 is 9.84 Å². The molecule has 42 heavy (non-hydrogen) atoms. The van der Waals surface area contributed by atoms with Crippen molar-refractivity contribution in [2.24, 2.45) is 5.92 Å². The number of fused-ring (bicyclic) bond motifs is 3. The van der Waals surface area contributed by atoms with Gasteiger partial charge in [0.05, 0.1) is 42.0 Å². The Labute approximate surface area is 254 Å². The minimum atomic E-state index is -1.73. The van der Waals surface area contributed by atoms with E-state index >= 15 is 0 Å². The minimum Gasteiger partial charge on any atom is -0.545 e. The van der Waals surface area contributed by atoms with Crippen molar-refractivity contribution in [3.05, 3.63) is 111 Å². The van der Waals surface area contributed by atoms with Gasteiger partial charge in [-0.1, -0.05) is 60.7 Å². The number of nitrogens with zero attached hydrogens (tertiary/aromatic N) is 1. The second kappa shape index (κ2) is 13.6. The van der Waals surface area contributed by atoms with E-state index in [0.29, 0.717) is 22.3 Å².